The molecule has 0 spiro atoms. The minimum Gasteiger partial charge on any atom is -0.354 e. The fraction of sp³-hybridized carbons (Fsp3) is 0.727. The summed E-state index contributed by atoms with van der Waals surface area (Å²) in [5.41, 5.74) is 0. The first-order chi connectivity index (χ1) is 8.16. The summed E-state index contributed by atoms with van der Waals surface area (Å²) in [5.74, 6) is 1.66. The molecule has 1 saturated heterocycles. The predicted molar refractivity (Wildman–Crippen MR) is 61.3 cm³/mol. The van der Waals surface area contributed by atoms with Crippen LogP contribution in [0.1, 0.15) is 25.1 Å². The fourth-order valence-corrected chi connectivity index (χ4v) is 2.04. The number of hydrogen-bond donors (Lipinski definition) is 2. The summed E-state index contributed by atoms with van der Waals surface area (Å²) in [5, 5.41) is 9.86. The van der Waals surface area contributed by atoms with Crippen molar-refractivity contribution in [2.75, 3.05) is 13.1 Å². The van der Waals surface area contributed by atoms with Crippen LogP contribution in [0.25, 0.3) is 0 Å². The maximum Gasteiger partial charge on any atom is 0.237 e. The van der Waals surface area contributed by atoms with Crippen LogP contribution < -0.4 is 10.6 Å². The van der Waals surface area contributed by atoms with E-state index in [0.29, 0.717) is 30.6 Å². The Morgan fingerprint density at radius 3 is 3.06 bits per heavy atom. The van der Waals surface area contributed by atoms with Gasteiger partial charge in [0.1, 0.15) is 0 Å². The van der Waals surface area contributed by atoms with Crippen LogP contribution in [0.2, 0.25) is 0 Å². The molecule has 2 N–H and O–H groups in total. The lowest BCUT2D eigenvalue weighted by Gasteiger charge is -2.14. The van der Waals surface area contributed by atoms with Crippen LogP contribution in [0, 0.1) is 12.8 Å². The van der Waals surface area contributed by atoms with Crippen LogP contribution in [-0.2, 0) is 11.2 Å². The molecule has 2 unspecified atom stereocenters. The summed E-state index contributed by atoms with van der Waals surface area (Å²) in [7, 11) is 0. The van der Waals surface area contributed by atoms with Crippen molar-refractivity contribution < 1.29 is 9.32 Å². The highest BCUT2D eigenvalue weighted by atomic mass is 16.5. The van der Waals surface area contributed by atoms with Crippen molar-refractivity contribution in [1.29, 1.82) is 0 Å². The maximum atomic E-state index is 11.8. The molecule has 0 aliphatic carbocycles. The molecule has 1 fully saturated rings. The summed E-state index contributed by atoms with van der Waals surface area (Å²) in [4.78, 5) is 15.9. The second kappa shape index (κ2) is 5.27. The standard InChI is InChI=1S/C11H18N4O2/c1-7-3-5-12-10(7)11(16)13-6-4-9-14-8(2)17-15-9/h7,10,12H,3-6H2,1-2H3,(H,13,16). The molecule has 0 saturated carbocycles. The van der Waals surface area contributed by atoms with Crippen LogP contribution in [0.5, 0.6) is 0 Å². The molecule has 17 heavy (non-hydrogen) atoms. The van der Waals surface area contributed by atoms with Crippen LogP contribution in [0.15, 0.2) is 4.52 Å². The minimum atomic E-state index is -0.0537. The summed E-state index contributed by atoms with van der Waals surface area (Å²) >= 11 is 0. The summed E-state index contributed by atoms with van der Waals surface area (Å²) < 4.78 is 4.85. The van der Waals surface area contributed by atoms with E-state index >= 15 is 0 Å². The van der Waals surface area contributed by atoms with Gasteiger partial charge in [-0.15, -0.1) is 0 Å². The zero-order valence-corrected chi connectivity index (χ0v) is 10.2. The second-order valence-corrected chi connectivity index (χ2v) is 4.47. The first kappa shape index (κ1) is 12.0. The van der Waals surface area contributed by atoms with Gasteiger partial charge in [-0.1, -0.05) is 12.1 Å². The average Bonchev–Trinajstić information content (AvgIpc) is 2.87. The maximum absolute atomic E-state index is 11.8. The van der Waals surface area contributed by atoms with E-state index in [1.54, 1.807) is 6.92 Å². The van der Waals surface area contributed by atoms with Crippen LogP contribution in [0.4, 0.5) is 0 Å². The monoisotopic (exact) mass is 238 g/mol. The molecule has 1 aliphatic heterocycles. The third-order valence-corrected chi connectivity index (χ3v) is 3.03. The Hall–Kier alpha value is -1.43. The van der Waals surface area contributed by atoms with Gasteiger partial charge in [-0.3, -0.25) is 4.79 Å². The van der Waals surface area contributed by atoms with E-state index in [0.717, 1.165) is 13.0 Å². The molecule has 0 bridgehead atoms. The molecule has 1 aromatic rings. The molecule has 1 amide bonds. The summed E-state index contributed by atoms with van der Waals surface area (Å²) in [6.45, 7) is 5.30. The van der Waals surface area contributed by atoms with E-state index in [1.807, 2.05) is 0 Å². The minimum absolute atomic E-state index is 0.0537. The van der Waals surface area contributed by atoms with Crippen molar-refractivity contribution in [3.05, 3.63) is 11.7 Å². The number of amides is 1. The Morgan fingerprint density at radius 2 is 2.47 bits per heavy atom. The Kier molecular flexibility index (Phi) is 3.73. The van der Waals surface area contributed by atoms with Crippen LogP contribution in [-0.4, -0.2) is 35.2 Å². The third-order valence-electron chi connectivity index (χ3n) is 3.03. The molecule has 0 radical (unpaired) electrons. The predicted octanol–water partition coefficient (Wildman–Crippen LogP) is 0.0347. The molecule has 6 heteroatoms. The molecule has 1 aliphatic rings. The SMILES string of the molecule is Cc1nc(CCNC(=O)C2NCCC2C)no1. The third kappa shape index (κ3) is 3.03. The molecular formula is C11H18N4O2. The lowest BCUT2D eigenvalue weighted by atomic mass is 10.0. The Morgan fingerprint density at radius 1 is 1.65 bits per heavy atom. The van der Waals surface area contributed by atoms with Gasteiger partial charge < -0.3 is 15.2 Å². The number of rotatable bonds is 4. The van der Waals surface area contributed by atoms with Crippen molar-refractivity contribution in [3.8, 4) is 0 Å². The van der Waals surface area contributed by atoms with E-state index < -0.39 is 0 Å². The number of carbonyl (C=O) groups excluding carboxylic acids is 1. The van der Waals surface area contributed by atoms with Gasteiger partial charge in [0.05, 0.1) is 6.04 Å². The van der Waals surface area contributed by atoms with Gasteiger partial charge in [-0.05, 0) is 18.9 Å². The molecule has 2 heterocycles. The van der Waals surface area contributed by atoms with Gasteiger partial charge in [0.15, 0.2) is 5.82 Å². The number of aryl methyl sites for hydroxylation is 1. The molecule has 0 aromatic carbocycles. The van der Waals surface area contributed by atoms with Crippen molar-refractivity contribution in [3.63, 3.8) is 0 Å². The van der Waals surface area contributed by atoms with Gasteiger partial charge in [0.2, 0.25) is 11.8 Å². The smallest absolute Gasteiger partial charge is 0.237 e. The van der Waals surface area contributed by atoms with E-state index in [-0.39, 0.29) is 11.9 Å². The highest BCUT2D eigenvalue weighted by Gasteiger charge is 2.28. The lowest BCUT2D eigenvalue weighted by molar-refractivity contribution is -0.123. The van der Waals surface area contributed by atoms with Crippen molar-refractivity contribution >= 4 is 5.91 Å². The van der Waals surface area contributed by atoms with Crippen molar-refractivity contribution in [2.45, 2.75) is 32.7 Å². The first-order valence-electron chi connectivity index (χ1n) is 5.97. The Labute approximate surface area is 100 Å². The van der Waals surface area contributed by atoms with E-state index in [2.05, 4.69) is 27.7 Å². The van der Waals surface area contributed by atoms with Crippen molar-refractivity contribution in [2.24, 2.45) is 5.92 Å². The molecule has 1 aromatic heterocycles. The summed E-state index contributed by atoms with van der Waals surface area (Å²) in [6, 6.07) is -0.0537. The van der Waals surface area contributed by atoms with Gasteiger partial charge >= 0.3 is 0 Å². The molecule has 2 atom stereocenters. The molecule has 6 nitrogen and oxygen atoms in total. The van der Waals surface area contributed by atoms with E-state index in [4.69, 9.17) is 4.52 Å². The topological polar surface area (TPSA) is 80.0 Å². The fourth-order valence-electron chi connectivity index (χ4n) is 2.04. The van der Waals surface area contributed by atoms with Crippen LogP contribution in [0.3, 0.4) is 0 Å². The number of nitrogens with one attached hydrogen (secondary N) is 2. The highest BCUT2D eigenvalue weighted by Crippen LogP contribution is 2.13. The summed E-state index contributed by atoms with van der Waals surface area (Å²) in [6.07, 6.45) is 1.66. The number of hydrogen-bond acceptors (Lipinski definition) is 5. The first-order valence-corrected chi connectivity index (χ1v) is 5.97. The second-order valence-electron chi connectivity index (χ2n) is 4.47. The number of carbonyl (C=O) groups is 1. The van der Waals surface area contributed by atoms with Gasteiger partial charge in [0, 0.05) is 19.9 Å². The normalized spacial score (nSPS) is 23.9. The quantitative estimate of drug-likeness (QED) is 0.774. The van der Waals surface area contributed by atoms with Gasteiger partial charge in [-0.25, -0.2) is 0 Å². The largest absolute Gasteiger partial charge is 0.354 e. The van der Waals surface area contributed by atoms with Crippen molar-refractivity contribution in [1.82, 2.24) is 20.8 Å². The number of aromatic nitrogens is 2. The molecule has 2 rings (SSSR count). The zero-order chi connectivity index (χ0) is 12.3. The highest BCUT2D eigenvalue weighted by molar-refractivity contribution is 5.82. The zero-order valence-electron chi connectivity index (χ0n) is 10.2. The Balaban J connectivity index is 1.73. The average molecular weight is 238 g/mol. The molecular weight excluding hydrogens is 220 g/mol. The molecule has 94 valence electrons. The number of nitrogens with zero attached hydrogens (tertiary/aromatic N) is 2. The van der Waals surface area contributed by atoms with E-state index in [1.165, 1.54) is 0 Å². The Bertz CT molecular complexity index is 391. The van der Waals surface area contributed by atoms with E-state index in [9.17, 15) is 4.79 Å². The lowest BCUT2D eigenvalue weighted by Crippen LogP contribution is -2.43. The van der Waals surface area contributed by atoms with Crippen LogP contribution >= 0.6 is 0 Å². The van der Waals surface area contributed by atoms with Gasteiger partial charge in [-0.2, -0.15) is 4.98 Å². The van der Waals surface area contributed by atoms with Gasteiger partial charge in [0.25, 0.3) is 0 Å².